The predicted molar refractivity (Wildman–Crippen MR) is 69.4 cm³/mol. The highest BCUT2D eigenvalue weighted by molar-refractivity contribution is 14.1. The number of halogens is 3. The first-order chi connectivity index (χ1) is 5.04. The van der Waals surface area contributed by atoms with Crippen molar-refractivity contribution in [2.24, 2.45) is 0 Å². The van der Waals surface area contributed by atoms with Gasteiger partial charge in [0.05, 0.1) is 10.0 Å². The highest BCUT2D eigenvalue weighted by Gasteiger charge is 2.16. The van der Waals surface area contributed by atoms with Crippen LogP contribution in [-0.2, 0) is 0 Å². The molecule has 0 aliphatic carbocycles. The average Bonchev–Trinajstić information content (AvgIpc) is 2.17. The summed E-state index contributed by atoms with van der Waals surface area (Å²) in [7, 11) is 0. The van der Waals surface area contributed by atoms with Crippen LogP contribution in [0.2, 0.25) is 0 Å². The van der Waals surface area contributed by atoms with E-state index < -0.39 is 5.97 Å². The van der Waals surface area contributed by atoms with Crippen LogP contribution in [0.4, 0.5) is 0 Å². The van der Waals surface area contributed by atoms with E-state index in [1.807, 2.05) is 0 Å². The predicted octanol–water partition coefficient (Wildman–Crippen LogP) is 3.26. The molecule has 0 saturated heterocycles. The van der Waals surface area contributed by atoms with Crippen molar-refractivity contribution in [1.82, 2.24) is 0 Å². The van der Waals surface area contributed by atoms with E-state index in [2.05, 4.69) is 67.8 Å². The number of carboxylic acid groups (broad SMARTS) is 1. The van der Waals surface area contributed by atoms with Gasteiger partial charge in [0.15, 0.2) is 0 Å². The van der Waals surface area contributed by atoms with Crippen molar-refractivity contribution in [3.63, 3.8) is 0 Å². The van der Waals surface area contributed by atoms with E-state index in [1.54, 1.807) is 0 Å². The molecular weight excluding hydrogens is 505 g/mol. The number of hydrogen-bond donors (Lipinski definition) is 1. The molecule has 0 fully saturated rings. The molecule has 1 heterocycles. The number of thiophene rings is 1. The van der Waals surface area contributed by atoms with Crippen molar-refractivity contribution in [2.45, 2.75) is 0 Å². The van der Waals surface area contributed by atoms with Crippen LogP contribution in [0.3, 0.4) is 0 Å². The number of rotatable bonds is 1. The third-order valence-corrected chi connectivity index (χ3v) is 8.07. The van der Waals surface area contributed by atoms with Crippen LogP contribution in [0.5, 0.6) is 0 Å². The molecule has 60 valence electrons. The topological polar surface area (TPSA) is 37.3 Å². The lowest BCUT2D eigenvalue weighted by molar-refractivity contribution is 0.0701. The van der Waals surface area contributed by atoms with E-state index in [0.717, 1.165) is 10.0 Å². The van der Waals surface area contributed by atoms with Gasteiger partial charge in [-0.05, 0) is 67.8 Å². The van der Waals surface area contributed by atoms with Gasteiger partial charge in [0, 0.05) is 0 Å². The van der Waals surface area contributed by atoms with Gasteiger partial charge in [-0.1, -0.05) is 0 Å². The van der Waals surface area contributed by atoms with Gasteiger partial charge in [0.2, 0.25) is 0 Å². The number of carboxylic acids is 1. The molecule has 0 aliphatic rings. The standard InChI is InChI=1S/C5HI3O2S/c6-1-2(7)4(8)11-3(1)5(9)10/h(H,9,10). The van der Waals surface area contributed by atoms with Crippen LogP contribution in [0.25, 0.3) is 0 Å². The Labute approximate surface area is 108 Å². The summed E-state index contributed by atoms with van der Waals surface area (Å²) in [6.45, 7) is 0. The Bertz CT molecular complexity index is 307. The molecule has 0 saturated carbocycles. The molecule has 1 aromatic rings. The zero-order chi connectivity index (χ0) is 8.59. The van der Waals surface area contributed by atoms with Crippen molar-refractivity contribution in [2.75, 3.05) is 0 Å². The molecule has 0 aliphatic heterocycles. The van der Waals surface area contributed by atoms with Crippen LogP contribution < -0.4 is 0 Å². The van der Waals surface area contributed by atoms with Crippen molar-refractivity contribution in [1.29, 1.82) is 0 Å². The van der Waals surface area contributed by atoms with Gasteiger partial charge >= 0.3 is 5.97 Å². The largest absolute Gasteiger partial charge is 0.477 e. The maximum absolute atomic E-state index is 10.6. The molecule has 6 heteroatoms. The van der Waals surface area contributed by atoms with Crippen LogP contribution in [0.1, 0.15) is 9.67 Å². The number of carbonyl (C=O) groups is 1. The van der Waals surface area contributed by atoms with Gasteiger partial charge in [-0.15, -0.1) is 11.3 Å². The van der Waals surface area contributed by atoms with Gasteiger partial charge in [-0.3, -0.25) is 0 Å². The van der Waals surface area contributed by atoms with Gasteiger partial charge in [-0.2, -0.15) is 0 Å². The van der Waals surface area contributed by atoms with E-state index >= 15 is 0 Å². The SMILES string of the molecule is O=C(O)c1sc(I)c(I)c1I. The molecule has 0 bridgehead atoms. The second kappa shape index (κ2) is 4.05. The van der Waals surface area contributed by atoms with Crippen LogP contribution >= 0.6 is 79.1 Å². The lowest BCUT2D eigenvalue weighted by Gasteiger charge is -1.87. The van der Waals surface area contributed by atoms with E-state index in [1.165, 1.54) is 11.3 Å². The van der Waals surface area contributed by atoms with Crippen LogP contribution in [0, 0.1) is 10.0 Å². The molecule has 11 heavy (non-hydrogen) atoms. The lowest BCUT2D eigenvalue weighted by atomic mass is 10.5. The van der Waals surface area contributed by atoms with Gasteiger partial charge in [0.25, 0.3) is 0 Å². The first-order valence-corrected chi connectivity index (χ1v) is 6.46. The molecule has 0 spiro atoms. The Balaban J connectivity index is 3.29. The summed E-state index contributed by atoms with van der Waals surface area (Å²) < 4.78 is 2.95. The number of aromatic carboxylic acids is 1. The first-order valence-electron chi connectivity index (χ1n) is 2.40. The van der Waals surface area contributed by atoms with Crippen molar-refractivity contribution >= 4 is 85.1 Å². The summed E-state index contributed by atoms with van der Waals surface area (Å²) in [4.78, 5) is 11.0. The molecule has 2 nitrogen and oxygen atoms in total. The zero-order valence-electron chi connectivity index (χ0n) is 4.90. The normalized spacial score (nSPS) is 10.1. The Morgan fingerprint density at radius 2 is 1.82 bits per heavy atom. The Hall–Kier alpha value is 1.36. The van der Waals surface area contributed by atoms with E-state index in [0.29, 0.717) is 4.88 Å². The minimum atomic E-state index is -0.833. The molecule has 0 amide bonds. The summed E-state index contributed by atoms with van der Waals surface area (Å²) in [6.07, 6.45) is 0. The zero-order valence-corrected chi connectivity index (χ0v) is 12.2. The average molecular weight is 506 g/mol. The third kappa shape index (κ3) is 2.18. The highest BCUT2D eigenvalue weighted by Crippen LogP contribution is 2.31. The monoisotopic (exact) mass is 506 g/mol. The molecule has 0 unspecified atom stereocenters. The fourth-order valence-corrected chi connectivity index (χ4v) is 4.40. The Morgan fingerprint density at radius 1 is 1.27 bits per heavy atom. The lowest BCUT2D eigenvalue weighted by Crippen LogP contribution is -1.94. The van der Waals surface area contributed by atoms with Crippen molar-refractivity contribution in [3.8, 4) is 0 Å². The third-order valence-electron chi connectivity index (χ3n) is 0.951. The molecule has 1 aromatic heterocycles. The summed E-state index contributed by atoms with van der Waals surface area (Å²) >= 11 is 7.68. The maximum Gasteiger partial charge on any atom is 0.347 e. The summed E-state index contributed by atoms with van der Waals surface area (Å²) in [5.41, 5.74) is 0. The smallest absolute Gasteiger partial charge is 0.347 e. The number of hydrogen-bond acceptors (Lipinski definition) is 2. The highest BCUT2D eigenvalue weighted by atomic mass is 127. The van der Waals surface area contributed by atoms with E-state index in [9.17, 15) is 4.79 Å². The molecule has 0 aromatic carbocycles. The second-order valence-corrected chi connectivity index (χ2v) is 6.63. The molecular formula is C5HI3O2S. The Kier molecular flexibility index (Phi) is 3.84. The summed E-state index contributed by atoms with van der Waals surface area (Å²) in [6, 6.07) is 0. The summed E-state index contributed by atoms with van der Waals surface area (Å²) in [5.74, 6) is -0.833. The van der Waals surface area contributed by atoms with Crippen LogP contribution in [-0.4, -0.2) is 11.1 Å². The van der Waals surface area contributed by atoms with Gasteiger partial charge < -0.3 is 5.11 Å². The maximum atomic E-state index is 10.6. The van der Waals surface area contributed by atoms with Crippen molar-refractivity contribution in [3.05, 3.63) is 14.9 Å². The Morgan fingerprint density at radius 3 is 2.00 bits per heavy atom. The quantitative estimate of drug-likeness (QED) is 0.595. The van der Waals surface area contributed by atoms with Crippen molar-refractivity contribution < 1.29 is 9.90 Å². The molecule has 0 atom stereocenters. The van der Waals surface area contributed by atoms with Gasteiger partial charge in [0.1, 0.15) is 4.88 Å². The van der Waals surface area contributed by atoms with E-state index in [-0.39, 0.29) is 0 Å². The summed E-state index contributed by atoms with van der Waals surface area (Å²) in [5, 5.41) is 8.70. The molecule has 1 N–H and O–H groups in total. The first kappa shape index (κ1) is 10.4. The molecule has 1 rings (SSSR count). The fourth-order valence-electron chi connectivity index (χ4n) is 0.503. The van der Waals surface area contributed by atoms with Gasteiger partial charge in [-0.25, -0.2) is 4.79 Å². The van der Waals surface area contributed by atoms with Crippen LogP contribution in [0.15, 0.2) is 0 Å². The fraction of sp³-hybridized carbons (Fsp3) is 0. The van der Waals surface area contributed by atoms with E-state index in [4.69, 9.17) is 5.11 Å². The minimum Gasteiger partial charge on any atom is -0.477 e. The molecule has 0 radical (unpaired) electrons. The second-order valence-electron chi connectivity index (χ2n) is 1.64. The minimum absolute atomic E-state index is 0.444.